The lowest BCUT2D eigenvalue weighted by atomic mass is 10.2. The summed E-state index contributed by atoms with van der Waals surface area (Å²) in [6.45, 7) is 8.55. The number of hydrogen-bond acceptors (Lipinski definition) is 6. The Morgan fingerprint density at radius 3 is 2.31 bits per heavy atom. The van der Waals surface area contributed by atoms with Crippen LogP contribution in [0.5, 0.6) is 5.75 Å². The van der Waals surface area contributed by atoms with Gasteiger partial charge in [-0.05, 0) is 61.0 Å². The third-order valence-electron chi connectivity index (χ3n) is 5.64. The van der Waals surface area contributed by atoms with Crippen molar-refractivity contribution in [1.29, 1.82) is 0 Å². The SMILES string of the molecule is CCCOc1ccc(/C=C2/SC(=O)N(CN3CCN(c4ccc(C)cc4)CC3)C2=O)cc1. The minimum absolute atomic E-state index is 0.204. The molecule has 0 N–H and O–H groups in total. The van der Waals surface area contributed by atoms with Crippen LogP contribution < -0.4 is 9.64 Å². The summed E-state index contributed by atoms with van der Waals surface area (Å²) in [5.74, 6) is 0.592. The van der Waals surface area contributed by atoms with Crippen LogP contribution in [0.1, 0.15) is 24.5 Å². The Morgan fingerprint density at radius 1 is 0.969 bits per heavy atom. The number of carbonyl (C=O) groups is 2. The van der Waals surface area contributed by atoms with Gasteiger partial charge in [0.1, 0.15) is 5.75 Å². The van der Waals surface area contributed by atoms with Crippen molar-refractivity contribution in [3.63, 3.8) is 0 Å². The largest absolute Gasteiger partial charge is 0.494 e. The number of piperazine rings is 1. The molecule has 2 aliphatic heterocycles. The van der Waals surface area contributed by atoms with E-state index in [4.69, 9.17) is 4.74 Å². The fraction of sp³-hybridized carbons (Fsp3) is 0.360. The predicted molar refractivity (Wildman–Crippen MR) is 130 cm³/mol. The number of imide groups is 1. The Hall–Kier alpha value is -2.77. The minimum atomic E-state index is -0.215. The number of ether oxygens (including phenoxy) is 1. The van der Waals surface area contributed by atoms with Gasteiger partial charge in [0.15, 0.2) is 0 Å². The van der Waals surface area contributed by atoms with E-state index in [1.165, 1.54) is 16.2 Å². The van der Waals surface area contributed by atoms with Crippen LogP contribution >= 0.6 is 11.8 Å². The highest BCUT2D eigenvalue weighted by molar-refractivity contribution is 8.18. The van der Waals surface area contributed by atoms with Crippen molar-refractivity contribution in [3.05, 3.63) is 64.6 Å². The molecule has 0 atom stereocenters. The van der Waals surface area contributed by atoms with E-state index in [1.54, 1.807) is 6.08 Å². The molecule has 32 heavy (non-hydrogen) atoms. The molecule has 0 aromatic heterocycles. The van der Waals surface area contributed by atoms with Crippen molar-refractivity contribution < 1.29 is 14.3 Å². The highest BCUT2D eigenvalue weighted by Gasteiger charge is 2.36. The second kappa shape index (κ2) is 10.2. The summed E-state index contributed by atoms with van der Waals surface area (Å²) >= 11 is 1.01. The summed E-state index contributed by atoms with van der Waals surface area (Å²) in [5.41, 5.74) is 3.35. The maximum absolute atomic E-state index is 12.9. The summed E-state index contributed by atoms with van der Waals surface area (Å²) in [7, 11) is 0. The maximum Gasteiger partial charge on any atom is 0.294 e. The molecule has 2 saturated heterocycles. The van der Waals surface area contributed by atoms with Gasteiger partial charge in [-0.1, -0.05) is 36.8 Å². The predicted octanol–water partition coefficient (Wildman–Crippen LogP) is 4.60. The molecule has 0 saturated carbocycles. The Morgan fingerprint density at radius 2 is 1.66 bits per heavy atom. The molecular formula is C25H29N3O3S. The van der Waals surface area contributed by atoms with E-state index in [-0.39, 0.29) is 11.1 Å². The van der Waals surface area contributed by atoms with Gasteiger partial charge in [0.05, 0.1) is 18.2 Å². The lowest BCUT2D eigenvalue weighted by Gasteiger charge is -2.37. The van der Waals surface area contributed by atoms with Crippen LogP contribution in [0.2, 0.25) is 0 Å². The van der Waals surface area contributed by atoms with E-state index in [2.05, 4.69) is 47.9 Å². The van der Waals surface area contributed by atoms with E-state index in [9.17, 15) is 9.59 Å². The van der Waals surface area contributed by atoms with Crippen molar-refractivity contribution >= 4 is 34.7 Å². The average molecular weight is 452 g/mol. The Labute approximate surface area is 193 Å². The number of anilines is 1. The molecule has 168 valence electrons. The highest BCUT2D eigenvalue weighted by Crippen LogP contribution is 2.32. The molecule has 2 aromatic carbocycles. The van der Waals surface area contributed by atoms with Crippen LogP contribution in [0.3, 0.4) is 0 Å². The summed E-state index contributed by atoms with van der Waals surface area (Å²) < 4.78 is 5.60. The molecule has 2 fully saturated rings. The molecule has 0 radical (unpaired) electrons. The molecule has 0 spiro atoms. The van der Waals surface area contributed by atoms with Crippen molar-refractivity contribution in [3.8, 4) is 5.75 Å². The van der Waals surface area contributed by atoms with Crippen LogP contribution in [0.25, 0.3) is 6.08 Å². The van der Waals surface area contributed by atoms with Gasteiger partial charge in [0, 0.05) is 31.9 Å². The first-order valence-corrected chi connectivity index (χ1v) is 11.9. The number of thioether (sulfide) groups is 1. The van der Waals surface area contributed by atoms with Crippen LogP contribution in [0.4, 0.5) is 10.5 Å². The zero-order chi connectivity index (χ0) is 22.5. The zero-order valence-corrected chi connectivity index (χ0v) is 19.4. The molecule has 6 nitrogen and oxygen atoms in total. The zero-order valence-electron chi connectivity index (χ0n) is 18.6. The Bertz CT molecular complexity index is 980. The molecular weight excluding hydrogens is 422 g/mol. The lowest BCUT2D eigenvalue weighted by Crippen LogP contribution is -2.50. The van der Waals surface area contributed by atoms with Gasteiger partial charge in [0.25, 0.3) is 11.1 Å². The number of aryl methyl sites for hydroxylation is 1. The van der Waals surface area contributed by atoms with Gasteiger partial charge in [-0.15, -0.1) is 0 Å². The first-order chi connectivity index (χ1) is 15.5. The molecule has 0 aliphatic carbocycles. The topological polar surface area (TPSA) is 53.1 Å². The molecule has 2 amide bonds. The summed E-state index contributed by atoms with van der Waals surface area (Å²) in [5, 5.41) is -0.204. The smallest absolute Gasteiger partial charge is 0.294 e. The van der Waals surface area contributed by atoms with Crippen molar-refractivity contribution in [2.45, 2.75) is 20.3 Å². The number of rotatable bonds is 7. The summed E-state index contributed by atoms with van der Waals surface area (Å²) in [6.07, 6.45) is 2.74. The standard InChI is InChI=1S/C25H29N3O3S/c1-3-16-31-22-10-6-20(7-11-22)17-23-24(29)28(25(30)32-23)18-26-12-14-27(15-13-26)21-8-4-19(2)5-9-21/h4-11,17H,3,12-16,18H2,1-2H3/b23-17+. The van der Waals surface area contributed by atoms with Gasteiger partial charge in [-0.3, -0.25) is 19.4 Å². The molecule has 0 bridgehead atoms. The van der Waals surface area contributed by atoms with Crippen molar-refractivity contribution in [2.75, 3.05) is 44.4 Å². The number of benzene rings is 2. The maximum atomic E-state index is 12.9. The highest BCUT2D eigenvalue weighted by atomic mass is 32.2. The third kappa shape index (κ3) is 5.34. The van der Waals surface area contributed by atoms with Gasteiger partial charge >= 0.3 is 0 Å². The van der Waals surface area contributed by atoms with Gasteiger partial charge in [-0.25, -0.2) is 0 Å². The fourth-order valence-electron chi connectivity index (χ4n) is 3.76. The van der Waals surface area contributed by atoms with E-state index in [0.717, 1.165) is 55.7 Å². The quantitative estimate of drug-likeness (QED) is 0.574. The second-order valence-corrected chi connectivity index (χ2v) is 9.10. The van der Waals surface area contributed by atoms with Crippen LogP contribution in [0.15, 0.2) is 53.4 Å². The van der Waals surface area contributed by atoms with Gasteiger partial charge in [-0.2, -0.15) is 0 Å². The first kappa shape index (κ1) is 22.4. The van der Waals surface area contributed by atoms with Gasteiger partial charge < -0.3 is 9.64 Å². The monoisotopic (exact) mass is 451 g/mol. The molecule has 0 unspecified atom stereocenters. The lowest BCUT2D eigenvalue weighted by molar-refractivity contribution is -0.124. The molecule has 2 heterocycles. The normalized spacial score (nSPS) is 18.6. The number of nitrogens with zero attached hydrogens (tertiary/aromatic N) is 3. The number of carbonyl (C=O) groups excluding carboxylic acids is 2. The van der Waals surface area contributed by atoms with Crippen LogP contribution in [-0.4, -0.2) is 60.4 Å². The van der Waals surface area contributed by atoms with Crippen molar-refractivity contribution in [1.82, 2.24) is 9.80 Å². The molecule has 7 heteroatoms. The number of amides is 2. The molecule has 4 rings (SSSR count). The molecule has 2 aliphatic rings. The summed E-state index contributed by atoms with van der Waals surface area (Å²) in [4.78, 5) is 31.7. The average Bonchev–Trinajstić information content (AvgIpc) is 3.07. The first-order valence-electron chi connectivity index (χ1n) is 11.1. The van der Waals surface area contributed by atoms with Crippen LogP contribution in [-0.2, 0) is 4.79 Å². The third-order valence-corrected chi connectivity index (χ3v) is 6.54. The van der Waals surface area contributed by atoms with E-state index in [0.29, 0.717) is 18.2 Å². The summed E-state index contributed by atoms with van der Waals surface area (Å²) in [6, 6.07) is 16.1. The van der Waals surface area contributed by atoms with E-state index >= 15 is 0 Å². The fourth-order valence-corrected chi connectivity index (χ4v) is 4.59. The Kier molecular flexibility index (Phi) is 7.17. The van der Waals surface area contributed by atoms with E-state index < -0.39 is 0 Å². The van der Waals surface area contributed by atoms with Crippen molar-refractivity contribution in [2.24, 2.45) is 0 Å². The van der Waals surface area contributed by atoms with E-state index in [1.807, 2.05) is 24.3 Å². The van der Waals surface area contributed by atoms with Gasteiger partial charge in [0.2, 0.25) is 0 Å². The molecule has 2 aromatic rings. The second-order valence-electron chi connectivity index (χ2n) is 8.11. The Balaban J connectivity index is 1.33. The number of hydrogen-bond donors (Lipinski definition) is 0. The van der Waals surface area contributed by atoms with Crippen LogP contribution in [0, 0.1) is 6.92 Å². The minimum Gasteiger partial charge on any atom is -0.494 e.